The van der Waals surface area contributed by atoms with Crippen LogP contribution in [0.15, 0.2) is 36.5 Å². The van der Waals surface area contributed by atoms with E-state index in [-0.39, 0.29) is 29.4 Å². The number of ether oxygens (including phenoxy) is 2. The average Bonchev–Trinajstić information content (AvgIpc) is 3.30. The minimum atomic E-state index is -4.70. The van der Waals surface area contributed by atoms with Gasteiger partial charge in [-0.05, 0) is 57.0 Å². The Morgan fingerprint density at radius 3 is 2.77 bits per heavy atom. The van der Waals surface area contributed by atoms with Gasteiger partial charge in [-0.2, -0.15) is 18.3 Å². The summed E-state index contributed by atoms with van der Waals surface area (Å²) in [6.45, 7) is 2.37. The van der Waals surface area contributed by atoms with E-state index in [4.69, 9.17) is 9.47 Å². The maximum absolute atomic E-state index is 13.9. The molecule has 5 rings (SSSR count). The highest BCUT2D eigenvalue weighted by Gasteiger charge is 2.37. The normalized spacial score (nSPS) is 21.0. The summed E-state index contributed by atoms with van der Waals surface area (Å²) in [4.78, 5) is 19.8. The third kappa shape index (κ3) is 4.71. The van der Waals surface area contributed by atoms with Crippen molar-refractivity contribution in [1.82, 2.24) is 19.5 Å². The molecule has 0 saturated carbocycles. The lowest BCUT2D eigenvalue weighted by Gasteiger charge is -2.44. The molecule has 4 heterocycles. The first-order valence-electron chi connectivity index (χ1n) is 11.9. The number of benzene rings is 1. The second-order valence-electron chi connectivity index (χ2n) is 9.15. The Balaban J connectivity index is 1.45. The van der Waals surface area contributed by atoms with Crippen LogP contribution in [0.5, 0.6) is 5.75 Å². The first-order valence-corrected chi connectivity index (χ1v) is 11.9. The Hall–Kier alpha value is -3.14. The van der Waals surface area contributed by atoms with Crippen molar-refractivity contribution in [3.8, 4) is 17.0 Å². The lowest BCUT2D eigenvalue weighted by Crippen LogP contribution is -2.49. The molecular weight excluding hydrogens is 461 g/mol. The van der Waals surface area contributed by atoms with E-state index >= 15 is 0 Å². The predicted molar refractivity (Wildman–Crippen MR) is 122 cm³/mol. The smallest absolute Gasteiger partial charge is 0.433 e. The molecule has 186 valence electrons. The lowest BCUT2D eigenvalue weighted by atomic mass is 9.84. The van der Waals surface area contributed by atoms with E-state index in [0.717, 1.165) is 51.0 Å². The number of hydrogen-bond acceptors (Lipinski definition) is 6. The Labute approximate surface area is 200 Å². The number of rotatable bonds is 5. The summed E-state index contributed by atoms with van der Waals surface area (Å²) in [5.74, 6) is -0.00709. The van der Waals surface area contributed by atoms with Crippen LogP contribution in [0.3, 0.4) is 0 Å². The van der Waals surface area contributed by atoms with Gasteiger partial charge in [0.1, 0.15) is 11.3 Å². The molecule has 2 atom stereocenters. The number of fused-ring (bicyclic) bond motifs is 2. The molecule has 3 aromatic rings. The molecule has 0 aliphatic carbocycles. The average molecular weight is 489 g/mol. The molecule has 2 aliphatic rings. The molecule has 0 spiro atoms. The molecule has 0 N–H and O–H groups in total. The van der Waals surface area contributed by atoms with Gasteiger partial charge in [0, 0.05) is 17.5 Å². The van der Waals surface area contributed by atoms with Crippen LogP contribution >= 0.6 is 0 Å². The fourth-order valence-corrected chi connectivity index (χ4v) is 5.27. The minimum absolute atomic E-state index is 0.0587. The number of piperidine rings is 2. The van der Waals surface area contributed by atoms with Gasteiger partial charge >= 0.3 is 12.1 Å². The Morgan fingerprint density at radius 1 is 1.14 bits per heavy atom. The Morgan fingerprint density at radius 2 is 1.97 bits per heavy atom. The van der Waals surface area contributed by atoms with E-state index in [1.54, 1.807) is 24.3 Å². The number of aromatic nitrogens is 3. The molecule has 0 radical (unpaired) electrons. The zero-order valence-corrected chi connectivity index (χ0v) is 19.4. The van der Waals surface area contributed by atoms with Crippen LogP contribution in [0.2, 0.25) is 0 Å². The number of methoxy groups -OCH3 is 1. The summed E-state index contributed by atoms with van der Waals surface area (Å²) in [6, 6.07) is 7.89. The second-order valence-corrected chi connectivity index (χ2v) is 9.15. The van der Waals surface area contributed by atoms with Crippen LogP contribution in [0.4, 0.5) is 13.2 Å². The first kappa shape index (κ1) is 23.6. The van der Waals surface area contributed by atoms with E-state index in [1.165, 1.54) is 13.5 Å². The fourth-order valence-electron chi connectivity index (χ4n) is 5.27. The minimum Gasteiger partial charge on any atom is -0.497 e. The standard InChI is InChI=1S/C25H27F3N4O3/c1-34-18-8-4-6-16(12-18)20-13-22(25(26,27)28)32-23(30-20)19(14-29-32)24(33)35-15-17-7-5-11-31-10-3-2-9-21(17)31/h4,6,8,12-14,17,21H,2-3,5,7,9-11,15H2,1H3/t17-,21-/m0/s1. The maximum atomic E-state index is 13.9. The molecule has 2 aromatic heterocycles. The van der Waals surface area contributed by atoms with Crippen LogP contribution < -0.4 is 4.74 Å². The summed E-state index contributed by atoms with van der Waals surface area (Å²) in [7, 11) is 1.47. The number of carbonyl (C=O) groups is 1. The van der Waals surface area contributed by atoms with Gasteiger partial charge < -0.3 is 9.47 Å². The Kier molecular flexibility index (Phi) is 6.39. The van der Waals surface area contributed by atoms with Crippen molar-refractivity contribution in [2.45, 2.75) is 44.3 Å². The van der Waals surface area contributed by atoms with Gasteiger partial charge in [0.15, 0.2) is 11.3 Å². The SMILES string of the molecule is COc1cccc(-c2cc(C(F)(F)F)n3ncc(C(=O)OC[C@@H]4CCCN5CCCC[C@@H]45)c3n2)c1. The topological polar surface area (TPSA) is 69.0 Å². The highest BCUT2D eigenvalue weighted by molar-refractivity contribution is 5.96. The van der Waals surface area contributed by atoms with E-state index in [1.807, 2.05) is 0 Å². The van der Waals surface area contributed by atoms with Gasteiger partial charge in [0.25, 0.3) is 0 Å². The van der Waals surface area contributed by atoms with E-state index in [0.29, 0.717) is 21.9 Å². The molecule has 2 aliphatic heterocycles. The molecule has 0 unspecified atom stereocenters. The number of halogens is 3. The highest BCUT2D eigenvalue weighted by Crippen LogP contribution is 2.34. The summed E-state index contributed by atoms with van der Waals surface area (Å²) >= 11 is 0. The zero-order valence-electron chi connectivity index (χ0n) is 19.4. The van der Waals surface area contributed by atoms with Crippen molar-refractivity contribution < 1.29 is 27.4 Å². The van der Waals surface area contributed by atoms with Crippen molar-refractivity contribution in [2.24, 2.45) is 5.92 Å². The molecule has 7 nitrogen and oxygen atoms in total. The molecular formula is C25H27F3N4O3. The van der Waals surface area contributed by atoms with E-state index in [9.17, 15) is 18.0 Å². The molecule has 35 heavy (non-hydrogen) atoms. The van der Waals surface area contributed by atoms with Gasteiger partial charge in [-0.3, -0.25) is 4.90 Å². The summed E-state index contributed by atoms with van der Waals surface area (Å²) in [5, 5.41) is 3.84. The van der Waals surface area contributed by atoms with Crippen molar-refractivity contribution in [3.05, 3.63) is 47.8 Å². The largest absolute Gasteiger partial charge is 0.497 e. The van der Waals surface area contributed by atoms with Gasteiger partial charge in [-0.1, -0.05) is 18.6 Å². The van der Waals surface area contributed by atoms with Gasteiger partial charge in [0.05, 0.1) is 25.6 Å². The highest BCUT2D eigenvalue weighted by atomic mass is 19.4. The van der Waals surface area contributed by atoms with Gasteiger partial charge in [-0.25, -0.2) is 14.3 Å². The summed E-state index contributed by atoms with van der Waals surface area (Å²) < 4.78 is 53.1. The van der Waals surface area contributed by atoms with Gasteiger partial charge in [0.2, 0.25) is 0 Å². The molecule has 1 aromatic carbocycles. The van der Waals surface area contributed by atoms with Crippen molar-refractivity contribution in [1.29, 1.82) is 0 Å². The lowest BCUT2D eigenvalue weighted by molar-refractivity contribution is -0.142. The quantitative estimate of drug-likeness (QED) is 0.479. The van der Waals surface area contributed by atoms with E-state index in [2.05, 4.69) is 15.0 Å². The van der Waals surface area contributed by atoms with E-state index < -0.39 is 17.8 Å². The molecule has 2 fully saturated rings. The van der Waals surface area contributed by atoms with Crippen LogP contribution in [-0.4, -0.2) is 58.3 Å². The Bertz CT molecular complexity index is 1220. The van der Waals surface area contributed by atoms with Crippen LogP contribution in [-0.2, 0) is 10.9 Å². The third-order valence-corrected chi connectivity index (χ3v) is 7.00. The van der Waals surface area contributed by atoms with Gasteiger partial charge in [-0.15, -0.1) is 0 Å². The monoisotopic (exact) mass is 488 g/mol. The fraction of sp³-hybridized carbons (Fsp3) is 0.480. The number of esters is 1. The maximum Gasteiger partial charge on any atom is 0.433 e. The predicted octanol–water partition coefficient (Wildman–Crippen LogP) is 4.85. The molecule has 0 bridgehead atoms. The van der Waals surface area contributed by atoms with Crippen LogP contribution in [0.25, 0.3) is 16.9 Å². The number of nitrogens with zero attached hydrogens (tertiary/aromatic N) is 4. The van der Waals surface area contributed by atoms with Crippen molar-refractivity contribution in [3.63, 3.8) is 0 Å². The first-order chi connectivity index (χ1) is 16.8. The molecule has 2 saturated heterocycles. The van der Waals surface area contributed by atoms with Crippen molar-refractivity contribution in [2.75, 3.05) is 26.8 Å². The summed E-state index contributed by atoms with van der Waals surface area (Å²) in [5.41, 5.74) is -0.812. The number of carbonyl (C=O) groups excluding carboxylic acids is 1. The van der Waals surface area contributed by atoms with Crippen LogP contribution in [0, 0.1) is 5.92 Å². The zero-order chi connectivity index (χ0) is 24.6. The van der Waals surface area contributed by atoms with Crippen LogP contribution in [0.1, 0.15) is 48.2 Å². The molecule has 0 amide bonds. The summed E-state index contributed by atoms with van der Waals surface area (Å²) in [6.07, 6.45) is 1.86. The third-order valence-electron chi connectivity index (χ3n) is 7.00. The van der Waals surface area contributed by atoms with Crippen molar-refractivity contribution >= 4 is 11.6 Å². The number of alkyl halides is 3. The number of hydrogen-bond donors (Lipinski definition) is 0. The second kappa shape index (κ2) is 9.49. The molecule has 10 heteroatoms.